The van der Waals surface area contributed by atoms with Crippen molar-refractivity contribution < 1.29 is 9.36 Å². The van der Waals surface area contributed by atoms with Gasteiger partial charge in [-0.25, -0.2) is 0 Å². The fourth-order valence-electron chi connectivity index (χ4n) is 3.14. The zero-order valence-electron chi connectivity index (χ0n) is 12.9. The molecule has 4 rings (SSSR count). The molecular formula is C21H15O2P. The zero-order valence-corrected chi connectivity index (χ0v) is 13.8. The van der Waals surface area contributed by atoms with E-state index in [0.29, 0.717) is 16.2 Å². The number of hydrogen-bond acceptors (Lipinski definition) is 2. The van der Waals surface area contributed by atoms with E-state index in [0.717, 1.165) is 11.1 Å². The minimum absolute atomic E-state index is 0.251. The van der Waals surface area contributed by atoms with Gasteiger partial charge in [0.2, 0.25) is 12.7 Å². The third kappa shape index (κ3) is 2.11. The first-order valence-electron chi connectivity index (χ1n) is 7.79. The predicted octanol–water partition coefficient (Wildman–Crippen LogP) is 4.78. The number of carbonyl (C=O) groups excluding carboxylic acids is 1. The number of rotatable bonds is 3. The van der Waals surface area contributed by atoms with Crippen LogP contribution in [0, 0.1) is 0 Å². The van der Waals surface area contributed by atoms with Crippen LogP contribution in [0.3, 0.4) is 0 Å². The maximum atomic E-state index is 13.7. The van der Waals surface area contributed by atoms with E-state index >= 15 is 0 Å². The molecule has 1 aliphatic rings. The second-order valence-corrected chi connectivity index (χ2v) is 8.29. The van der Waals surface area contributed by atoms with Crippen LogP contribution in [0.4, 0.5) is 0 Å². The van der Waals surface area contributed by atoms with Gasteiger partial charge in [0.25, 0.3) is 0 Å². The molecule has 0 saturated carbocycles. The fraction of sp³-hybridized carbons (Fsp3) is 0. The molecular weight excluding hydrogens is 315 g/mol. The maximum Gasteiger partial charge on any atom is 0.231 e. The summed E-state index contributed by atoms with van der Waals surface area (Å²) in [5.41, 5.74) is 2.00. The molecule has 0 aliphatic carbocycles. The van der Waals surface area contributed by atoms with Crippen LogP contribution >= 0.6 is 7.14 Å². The van der Waals surface area contributed by atoms with Crippen LogP contribution in [0.5, 0.6) is 0 Å². The normalized spacial score (nSPS) is 19.9. The van der Waals surface area contributed by atoms with Gasteiger partial charge in [0, 0.05) is 16.2 Å². The Morgan fingerprint density at radius 3 is 1.58 bits per heavy atom. The molecule has 1 atom stereocenters. The highest BCUT2D eigenvalue weighted by Gasteiger charge is 2.51. The largest absolute Gasteiger partial charge is 0.305 e. The van der Waals surface area contributed by atoms with Crippen molar-refractivity contribution in [1.82, 2.24) is 0 Å². The summed E-state index contributed by atoms with van der Waals surface area (Å²) in [5.74, 6) is 0. The molecule has 3 heteroatoms. The van der Waals surface area contributed by atoms with Gasteiger partial charge in [0.1, 0.15) is 0 Å². The molecule has 0 spiro atoms. The molecule has 1 heterocycles. The first-order valence-corrected chi connectivity index (χ1v) is 9.50. The maximum absolute atomic E-state index is 13.7. The minimum atomic E-state index is -3.25. The van der Waals surface area contributed by atoms with Crippen LogP contribution in [0.2, 0.25) is 0 Å². The molecule has 0 fully saturated rings. The van der Waals surface area contributed by atoms with E-state index < -0.39 is 7.14 Å². The zero-order chi connectivity index (χ0) is 16.6. The lowest BCUT2D eigenvalue weighted by molar-refractivity contribution is -0.107. The first-order chi connectivity index (χ1) is 11.7. The summed E-state index contributed by atoms with van der Waals surface area (Å²) in [6, 6.07) is 28.1. The van der Waals surface area contributed by atoms with Crippen LogP contribution in [0.25, 0.3) is 10.9 Å². The lowest BCUT2D eigenvalue weighted by Gasteiger charge is -2.33. The predicted molar refractivity (Wildman–Crippen MR) is 98.4 cm³/mol. The minimum Gasteiger partial charge on any atom is -0.305 e. The average molecular weight is 330 g/mol. The van der Waals surface area contributed by atoms with Crippen molar-refractivity contribution in [2.24, 2.45) is 0 Å². The van der Waals surface area contributed by atoms with E-state index in [-0.39, 0.29) is 5.52 Å². The van der Waals surface area contributed by atoms with E-state index in [1.807, 2.05) is 78.9 Å². The quantitative estimate of drug-likeness (QED) is 0.648. The summed E-state index contributed by atoms with van der Waals surface area (Å²) < 4.78 is 13.7. The van der Waals surface area contributed by atoms with Gasteiger partial charge in [-0.3, -0.25) is 4.79 Å². The van der Waals surface area contributed by atoms with Crippen LogP contribution in [0.15, 0.2) is 91.0 Å². The van der Waals surface area contributed by atoms with Gasteiger partial charge in [-0.2, -0.15) is 0 Å². The Labute approximate surface area is 140 Å². The molecule has 0 N–H and O–H groups in total. The van der Waals surface area contributed by atoms with Crippen molar-refractivity contribution in [1.29, 1.82) is 0 Å². The fourth-order valence-corrected chi connectivity index (χ4v) is 5.87. The van der Waals surface area contributed by atoms with Crippen molar-refractivity contribution >= 4 is 28.9 Å². The van der Waals surface area contributed by atoms with E-state index in [9.17, 15) is 9.36 Å². The highest BCUT2D eigenvalue weighted by atomic mass is 31.2. The molecule has 3 aromatic rings. The number of allylic oxidation sites excluding steroid dienone is 1. The molecule has 1 unspecified atom stereocenters. The molecule has 0 radical (unpaired) electrons. The monoisotopic (exact) mass is 330 g/mol. The summed E-state index contributed by atoms with van der Waals surface area (Å²) in [6.45, 7) is 0. The van der Waals surface area contributed by atoms with E-state index in [1.165, 1.54) is 0 Å². The molecule has 2 nitrogen and oxygen atoms in total. The molecule has 0 amide bonds. The number of benzene rings is 3. The van der Waals surface area contributed by atoms with Gasteiger partial charge in [-0.05, 0) is 11.1 Å². The highest BCUT2D eigenvalue weighted by molar-refractivity contribution is 8.00. The van der Waals surface area contributed by atoms with Crippen molar-refractivity contribution in [2.75, 3.05) is 0 Å². The smallest absolute Gasteiger partial charge is 0.231 e. The molecule has 116 valence electrons. The van der Waals surface area contributed by atoms with Crippen LogP contribution < -0.4 is 5.30 Å². The summed E-state index contributed by atoms with van der Waals surface area (Å²) in [4.78, 5) is 12.9. The third-order valence-corrected chi connectivity index (χ3v) is 7.21. The van der Waals surface area contributed by atoms with E-state index in [2.05, 4.69) is 0 Å². The Morgan fingerprint density at radius 2 is 1.04 bits per heavy atom. The SMILES string of the molecule is O=C1C(c2ccccc2)=C(c2ccccc2)P1(=O)c1ccccc1. The lowest BCUT2D eigenvalue weighted by Crippen LogP contribution is -2.24. The highest BCUT2D eigenvalue weighted by Crippen LogP contribution is 2.70. The van der Waals surface area contributed by atoms with Gasteiger partial charge < -0.3 is 4.57 Å². The van der Waals surface area contributed by atoms with Gasteiger partial charge in [-0.1, -0.05) is 91.0 Å². The van der Waals surface area contributed by atoms with Gasteiger partial charge >= 0.3 is 0 Å². The van der Waals surface area contributed by atoms with Crippen molar-refractivity contribution in [3.63, 3.8) is 0 Å². The third-order valence-electron chi connectivity index (χ3n) is 4.28. The van der Waals surface area contributed by atoms with Crippen LogP contribution in [0.1, 0.15) is 11.1 Å². The van der Waals surface area contributed by atoms with Crippen molar-refractivity contribution in [3.05, 3.63) is 102 Å². The van der Waals surface area contributed by atoms with Gasteiger partial charge in [0.15, 0.2) is 0 Å². The topological polar surface area (TPSA) is 34.1 Å². The van der Waals surface area contributed by atoms with Crippen LogP contribution in [-0.2, 0) is 9.36 Å². The second kappa shape index (κ2) is 5.74. The first kappa shape index (κ1) is 14.9. The molecule has 1 aliphatic heterocycles. The Balaban J connectivity index is 2.00. The Hall–Kier alpha value is -2.70. The second-order valence-electron chi connectivity index (χ2n) is 5.71. The Kier molecular flexibility index (Phi) is 3.55. The summed E-state index contributed by atoms with van der Waals surface area (Å²) in [5, 5.41) is 1.28. The number of hydrogen-bond donors (Lipinski definition) is 0. The van der Waals surface area contributed by atoms with Crippen LogP contribution in [-0.4, -0.2) is 5.52 Å². The van der Waals surface area contributed by atoms with Gasteiger partial charge in [0.05, 0.1) is 0 Å². The molecule has 0 bridgehead atoms. The molecule has 3 aromatic carbocycles. The van der Waals surface area contributed by atoms with E-state index in [4.69, 9.17) is 0 Å². The Morgan fingerprint density at radius 1 is 0.583 bits per heavy atom. The summed E-state index contributed by atoms with van der Waals surface area (Å²) in [6.07, 6.45) is 0. The summed E-state index contributed by atoms with van der Waals surface area (Å²) >= 11 is 0. The van der Waals surface area contributed by atoms with Crippen molar-refractivity contribution in [3.8, 4) is 0 Å². The lowest BCUT2D eigenvalue weighted by atomic mass is 10.0. The van der Waals surface area contributed by atoms with E-state index in [1.54, 1.807) is 12.1 Å². The number of carbonyl (C=O) groups is 1. The molecule has 24 heavy (non-hydrogen) atoms. The summed E-state index contributed by atoms with van der Waals surface area (Å²) in [7, 11) is -3.25. The molecule has 0 saturated heterocycles. The Bertz CT molecular complexity index is 974. The van der Waals surface area contributed by atoms with Gasteiger partial charge in [-0.15, -0.1) is 0 Å². The average Bonchev–Trinajstić information content (AvgIpc) is 2.67. The standard InChI is InChI=1S/C21H15O2P/c22-21-19(16-10-4-1-5-11-16)20(17-12-6-2-7-13-17)24(21,23)18-14-8-3-9-15-18/h1-15H. The molecule has 0 aromatic heterocycles. The van der Waals surface area contributed by atoms with Crippen molar-refractivity contribution in [2.45, 2.75) is 0 Å².